The number of rotatable bonds is 3. The van der Waals surface area contributed by atoms with Gasteiger partial charge in [0.25, 0.3) is 0 Å². The summed E-state index contributed by atoms with van der Waals surface area (Å²) in [5.74, 6) is 0.563. The van der Waals surface area contributed by atoms with Crippen molar-refractivity contribution < 1.29 is 14.6 Å². The van der Waals surface area contributed by atoms with Gasteiger partial charge in [-0.15, -0.1) is 0 Å². The van der Waals surface area contributed by atoms with Gasteiger partial charge in [-0.25, -0.2) is 0 Å². The molecule has 1 aliphatic rings. The molecule has 2 rings (SSSR count). The molecule has 17 heavy (non-hydrogen) atoms. The summed E-state index contributed by atoms with van der Waals surface area (Å²) in [5.41, 5.74) is 0.718. The summed E-state index contributed by atoms with van der Waals surface area (Å²) in [4.78, 5) is 11.8. The summed E-state index contributed by atoms with van der Waals surface area (Å²) in [6.45, 7) is 0. The third-order valence-corrected chi connectivity index (χ3v) is 3.44. The van der Waals surface area contributed by atoms with Crippen molar-refractivity contribution in [1.82, 2.24) is 0 Å². The molecule has 1 aromatic rings. The highest BCUT2D eigenvalue weighted by atomic mass is 16.5. The lowest BCUT2D eigenvalue weighted by Crippen LogP contribution is -2.25. The molecular weight excluding hydrogens is 216 g/mol. The van der Waals surface area contributed by atoms with Crippen LogP contribution in [0, 0.1) is 5.92 Å². The Balaban J connectivity index is 2.23. The lowest BCUT2D eigenvalue weighted by Gasteiger charge is -2.26. The van der Waals surface area contributed by atoms with E-state index in [1.165, 1.54) is 0 Å². The Morgan fingerprint density at radius 3 is 2.82 bits per heavy atom. The van der Waals surface area contributed by atoms with E-state index in [0.717, 1.165) is 24.8 Å². The van der Waals surface area contributed by atoms with Crippen molar-refractivity contribution in [3.05, 3.63) is 29.8 Å². The highest BCUT2D eigenvalue weighted by molar-refractivity contribution is 5.82. The second-order valence-electron chi connectivity index (χ2n) is 4.51. The van der Waals surface area contributed by atoms with Crippen LogP contribution in [0.1, 0.15) is 37.4 Å². The van der Waals surface area contributed by atoms with Gasteiger partial charge in [-0.1, -0.05) is 24.6 Å². The first-order chi connectivity index (χ1) is 8.24. The monoisotopic (exact) mass is 234 g/mol. The number of aliphatic hydroxyl groups excluding tert-OH is 1. The number of benzene rings is 1. The molecule has 0 amide bonds. The van der Waals surface area contributed by atoms with Gasteiger partial charge in [-0.3, -0.25) is 4.79 Å². The Hall–Kier alpha value is -1.35. The molecule has 0 spiro atoms. The summed E-state index contributed by atoms with van der Waals surface area (Å²) in [6, 6.07) is 7.35. The molecule has 0 bridgehead atoms. The first-order valence-electron chi connectivity index (χ1n) is 6.07. The van der Waals surface area contributed by atoms with Crippen LogP contribution in [0.5, 0.6) is 5.75 Å². The van der Waals surface area contributed by atoms with Crippen LogP contribution in [0.2, 0.25) is 0 Å². The van der Waals surface area contributed by atoms with Gasteiger partial charge in [0, 0.05) is 17.9 Å². The smallest absolute Gasteiger partial charge is 0.138 e. The number of ether oxygens (including phenoxy) is 1. The number of methoxy groups -OCH3 is 1. The molecule has 3 heteroatoms. The summed E-state index contributed by atoms with van der Waals surface area (Å²) in [5, 5.41) is 10.3. The minimum atomic E-state index is -0.737. The van der Waals surface area contributed by atoms with Gasteiger partial charge in [0.1, 0.15) is 11.5 Å². The molecule has 0 aromatic heterocycles. The van der Waals surface area contributed by atoms with Crippen molar-refractivity contribution in [2.75, 3.05) is 7.11 Å². The Kier molecular flexibility index (Phi) is 3.79. The van der Waals surface area contributed by atoms with E-state index >= 15 is 0 Å². The van der Waals surface area contributed by atoms with Crippen LogP contribution in [0.4, 0.5) is 0 Å². The highest BCUT2D eigenvalue weighted by Crippen LogP contribution is 2.35. The third kappa shape index (κ3) is 2.50. The number of para-hydroxylation sites is 1. The largest absolute Gasteiger partial charge is 0.496 e. The predicted octanol–water partition coefficient (Wildman–Crippen LogP) is 2.49. The number of carbonyl (C=O) groups excluding carboxylic acids is 1. The molecule has 1 fully saturated rings. The lowest BCUT2D eigenvalue weighted by molar-refractivity contribution is -0.128. The Labute approximate surface area is 101 Å². The maximum absolute atomic E-state index is 11.8. The van der Waals surface area contributed by atoms with E-state index in [4.69, 9.17) is 4.74 Å². The van der Waals surface area contributed by atoms with Crippen molar-refractivity contribution in [3.63, 3.8) is 0 Å². The van der Waals surface area contributed by atoms with Gasteiger partial charge in [-0.2, -0.15) is 0 Å². The maximum atomic E-state index is 11.8. The van der Waals surface area contributed by atoms with Crippen molar-refractivity contribution in [1.29, 1.82) is 0 Å². The van der Waals surface area contributed by atoms with Crippen LogP contribution in [0.15, 0.2) is 24.3 Å². The Bertz CT molecular complexity index is 400. The van der Waals surface area contributed by atoms with Gasteiger partial charge in [0.15, 0.2) is 0 Å². The molecule has 0 radical (unpaired) electrons. The van der Waals surface area contributed by atoms with Crippen LogP contribution < -0.4 is 4.74 Å². The number of hydrogen-bond donors (Lipinski definition) is 1. The fraction of sp³-hybridized carbons (Fsp3) is 0.500. The van der Waals surface area contributed by atoms with E-state index in [2.05, 4.69) is 0 Å². The standard InChI is InChI=1S/C14H18O3/c1-17-13-9-5-3-7-11(13)14(16)10-6-2-4-8-12(10)15/h3,5,7,9-10,14,16H,2,4,6,8H2,1H3/t10-,14-/m1/s1. The van der Waals surface area contributed by atoms with Crippen LogP contribution in [-0.4, -0.2) is 18.0 Å². The van der Waals surface area contributed by atoms with Gasteiger partial charge < -0.3 is 9.84 Å². The molecule has 0 unspecified atom stereocenters. The average molecular weight is 234 g/mol. The molecular formula is C14H18O3. The van der Waals surface area contributed by atoms with E-state index < -0.39 is 6.10 Å². The normalized spacial score (nSPS) is 22.2. The minimum Gasteiger partial charge on any atom is -0.496 e. The summed E-state index contributed by atoms with van der Waals surface area (Å²) < 4.78 is 5.22. The van der Waals surface area contributed by atoms with E-state index in [9.17, 15) is 9.90 Å². The average Bonchev–Trinajstić information content (AvgIpc) is 2.38. The molecule has 1 aliphatic carbocycles. The minimum absolute atomic E-state index is 0.176. The molecule has 0 heterocycles. The third-order valence-electron chi connectivity index (χ3n) is 3.44. The molecule has 2 atom stereocenters. The zero-order valence-corrected chi connectivity index (χ0v) is 10.1. The van der Waals surface area contributed by atoms with E-state index in [1.54, 1.807) is 7.11 Å². The first-order valence-corrected chi connectivity index (χ1v) is 6.07. The summed E-state index contributed by atoms with van der Waals surface area (Å²) in [6.07, 6.45) is 2.60. The number of hydrogen-bond acceptors (Lipinski definition) is 3. The van der Waals surface area contributed by atoms with Gasteiger partial charge in [0.05, 0.1) is 13.2 Å². The molecule has 92 valence electrons. The van der Waals surface area contributed by atoms with Crippen molar-refractivity contribution >= 4 is 5.78 Å². The van der Waals surface area contributed by atoms with Crippen LogP contribution in [-0.2, 0) is 4.79 Å². The van der Waals surface area contributed by atoms with Crippen molar-refractivity contribution in [3.8, 4) is 5.75 Å². The van der Waals surface area contributed by atoms with Gasteiger partial charge >= 0.3 is 0 Å². The maximum Gasteiger partial charge on any atom is 0.138 e. The topological polar surface area (TPSA) is 46.5 Å². The molecule has 0 saturated heterocycles. The van der Waals surface area contributed by atoms with Crippen LogP contribution in [0.25, 0.3) is 0 Å². The van der Waals surface area contributed by atoms with E-state index in [-0.39, 0.29) is 11.7 Å². The molecule has 3 nitrogen and oxygen atoms in total. The quantitative estimate of drug-likeness (QED) is 0.874. The molecule has 1 aromatic carbocycles. The summed E-state index contributed by atoms with van der Waals surface area (Å²) >= 11 is 0. The lowest BCUT2D eigenvalue weighted by atomic mass is 9.81. The number of Topliss-reactive ketones (excluding diaryl/α,β-unsaturated/α-hetero) is 1. The Morgan fingerprint density at radius 1 is 1.35 bits per heavy atom. The van der Waals surface area contributed by atoms with Gasteiger partial charge in [0.2, 0.25) is 0 Å². The molecule has 1 N–H and O–H groups in total. The number of aliphatic hydroxyl groups is 1. The highest BCUT2D eigenvalue weighted by Gasteiger charge is 2.31. The van der Waals surface area contributed by atoms with Crippen molar-refractivity contribution in [2.45, 2.75) is 31.8 Å². The number of ketones is 1. The zero-order chi connectivity index (χ0) is 12.3. The fourth-order valence-electron chi connectivity index (χ4n) is 2.47. The predicted molar refractivity (Wildman–Crippen MR) is 64.9 cm³/mol. The molecule has 0 aliphatic heterocycles. The van der Waals surface area contributed by atoms with E-state index in [1.807, 2.05) is 24.3 Å². The van der Waals surface area contributed by atoms with Crippen LogP contribution in [0.3, 0.4) is 0 Å². The zero-order valence-electron chi connectivity index (χ0n) is 10.1. The molecule has 1 saturated carbocycles. The SMILES string of the molecule is COc1ccccc1[C@H](O)[C@@H]1CCCCC1=O. The fourth-order valence-corrected chi connectivity index (χ4v) is 2.47. The number of carbonyl (C=O) groups is 1. The summed E-state index contributed by atoms with van der Waals surface area (Å²) in [7, 11) is 1.58. The first kappa shape index (κ1) is 12.1. The Morgan fingerprint density at radius 2 is 2.12 bits per heavy atom. The van der Waals surface area contributed by atoms with Crippen LogP contribution >= 0.6 is 0 Å². The second kappa shape index (κ2) is 5.32. The van der Waals surface area contributed by atoms with Crippen molar-refractivity contribution in [2.24, 2.45) is 5.92 Å². The van der Waals surface area contributed by atoms with E-state index in [0.29, 0.717) is 12.2 Å². The van der Waals surface area contributed by atoms with Gasteiger partial charge in [-0.05, 0) is 18.9 Å². The second-order valence-corrected chi connectivity index (χ2v) is 4.51.